The maximum absolute atomic E-state index is 12.7. The molecule has 1 atom stereocenters. The van der Waals surface area contributed by atoms with Gasteiger partial charge in [-0.05, 0) is 63.9 Å². The number of ether oxygens (including phenoxy) is 1. The first kappa shape index (κ1) is 25.0. The highest BCUT2D eigenvalue weighted by molar-refractivity contribution is 8.01. The fourth-order valence-corrected chi connectivity index (χ4v) is 4.47. The van der Waals surface area contributed by atoms with Crippen molar-refractivity contribution >= 4 is 46.0 Å². The van der Waals surface area contributed by atoms with E-state index in [9.17, 15) is 18.0 Å². The summed E-state index contributed by atoms with van der Waals surface area (Å²) >= 11 is -0.257. The topological polar surface area (TPSA) is 71.4 Å². The zero-order valence-electron chi connectivity index (χ0n) is 19.7. The van der Waals surface area contributed by atoms with E-state index in [0.717, 1.165) is 36.1 Å². The smallest absolute Gasteiger partial charge is 0.442 e. The van der Waals surface area contributed by atoms with Crippen LogP contribution in [0, 0.1) is 0 Å². The fourth-order valence-electron chi connectivity index (χ4n) is 4.07. The van der Waals surface area contributed by atoms with Gasteiger partial charge in [0.15, 0.2) is 0 Å². The molecule has 35 heavy (non-hydrogen) atoms. The molecule has 0 amide bonds. The van der Waals surface area contributed by atoms with E-state index < -0.39 is 17.2 Å². The highest BCUT2D eigenvalue weighted by atomic mass is 32.2. The Balaban J connectivity index is 1.45. The van der Waals surface area contributed by atoms with Gasteiger partial charge in [-0.25, -0.2) is 4.79 Å². The summed E-state index contributed by atoms with van der Waals surface area (Å²) < 4.78 is 47.2. The predicted molar refractivity (Wildman–Crippen MR) is 134 cm³/mol. The molecule has 1 aliphatic rings. The van der Waals surface area contributed by atoms with Gasteiger partial charge in [0.05, 0.1) is 35.0 Å². The summed E-state index contributed by atoms with van der Waals surface area (Å²) in [7, 11) is 0. The van der Waals surface area contributed by atoms with Gasteiger partial charge in [0.2, 0.25) is 0 Å². The van der Waals surface area contributed by atoms with Gasteiger partial charge in [0.1, 0.15) is 5.60 Å². The van der Waals surface area contributed by atoms with E-state index in [4.69, 9.17) is 4.74 Å². The van der Waals surface area contributed by atoms with Crippen LogP contribution in [0.4, 0.5) is 35.0 Å². The number of rotatable bonds is 5. The Kier molecular flexibility index (Phi) is 7.07. The molecule has 7 nitrogen and oxygen atoms in total. The van der Waals surface area contributed by atoms with E-state index in [0.29, 0.717) is 17.7 Å². The van der Waals surface area contributed by atoms with E-state index in [1.807, 2.05) is 30.3 Å². The molecule has 0 bridgehead atoms. The normalized spacial score (nSPS) is 16.9. The minimum atomic E-state index is -4.37. The minimum Gasteiger partial charge on any atom is -0.442 e. The molecule has 188 valence electrons. The number of fused-ring (bicyclic) bond motifs is 1. The number of alkyl halides is 3. The Morgan fingerprint density at radius 3 is 2.69 bits per heavy atom. The van der Waals surface area contributed by atoms with Crippen LogP contribution >= 0.6 is 11.9 Å². The second-order valence-electron chi connectivity index (χ2n) is 9.41. The number of benzene rings is 2. The van der Waals surface area contributed by atoms with E-state index in [2.05, 4.69) is 20.0 Å². The van der Waals surface area contributed by atoms with Crippen molar-refractivity contribution < 1.29 is 22.7 Å². The molecule has 4 rings (SSSR count). The van der Waals surface area contributed by atoms with Crippen LogP contribution in [0.15, 0.2) is 48.7 Å². The molecular formula is C24H28F3N5O2S. The maximum atomic E-state index is 12.7. The molecule has 2 heterocycles. The first-order valence-electron chi connectivity index (χ1n) is 11.3. The Morgan fingerprint density at radius 2 is 1.94 bits per heavy atom. The zero-order valence-corrected chi connectivity index (χ0v) is 20.5. The summed E-state index contributed by atoms with van der Waals surface area (Å²) in [5, 5.41) is 8.50. The number of carbonyl (C=O) groups excluding carboxylic acids is 1. The number of para-hydroxylation sites is 2. The summed E-state index contributed by atoms with van der Waals surface area (Å²) in [6.07, 6.45) is 2.92. The largest absolute Gasteiger partial charge is 0.461 e. The van der Waals surface area contributed by atoms with Gasteiger partial charge in [-0.15, -0.1) is 0 Å². The second kappa shape index (κ2) is 9.88. The van der Waals surface area contributed by atoms with E-state index in [1.54, 1.807) is 39.1 Å². The van der Waals surface area contributed by atoms with Gasteiger partial charge in [-0.3, -0.25) is 0 Å². The number of nitrogens with one attached hydrogen (secondary N) is 2. The van der Waals surface area contributed by atoms with Crippen LogP contribution in [0.1, 0.15) is 33.6 Å². The third kappa shape index (κ3) is 6.53. The van der Waals surface area contributed by atoms with Crippen LogP contribution in [-0.2, 0) is 4.74 Å². The van der Waals surface area contributed by atoms with Gasteiger partial charge in [-0.2, -0.15) is 23.0 Å². The van der Waals surface area contributed by atoms with Crippen molar-refractivity contribution in [3.63, 3.8) is 0 Å². The molecule has 11 heteroatoms. The highest BCUT2D eigenvalue weighted by Gasteiger charge is 2.30. The van der Waals surface area contributed by atoms with Crippen molar-refractivity contribution in [1.82, 2.24) is 9.78 Å². The van der Waals surface area contributed by atoms with Gasteiger partial charge in [0.25, 0.3) is 0 Å². The fraction of sp³-hybridized carbons (Fsp3) is 0.417. The Morgan fingerprint density at radius 1 is 1.17 bits per heavy atom. The third-order valence-electron chi connectivity index (χ3n) is 5.45. The number of hydrogen-bond acceptors (Lipinski definition) is 7. The van der Waals surface area contributed by atoms with Gasteiger partial charge >= 0.3 is 11.6 Å². The maximum Gasteiger partial charge on any atom is 0.461 e. The highest BCUT2D eigenvalue weighted by Crippen LogP contribution is 2.36. The van der Waals surface area contributed by atoms with Gasteiger partial charge < -0.3 is 19.7 Å². The van der Waals surface area contributed by atoms with E-state index >= 15 is 0 Å². The van der Waals surface area contributed by atoms with Crippen LogP contribution in [0.2, 0.25) is 0 Å². The number of nitrogens with zero attached hydrogens (tertiary/aromatic N) is 3. The van der Waals surface area contributed by atoms with Crippen LogP contribution < -0.4 is 14.9 Å². The number of piperidine rings is 1. The molecule has 1 saturated heterocycles. The van der Waals surface area contributed by atoms with Crippen LogP contribution in [0.25, 0.3) is 10.9 Å². The quantitative estimate of drug-likeness (QED) is 0.383. The lowest BCUT2D eigenvalue weighted by Crippen LogP contribution is -2.42. The Hall–Kier alpha value is -3.08. The summed E-state index contributed by atoms with van der Waals surface area (Å²) in [6, 6.07) is 12.8. The molecule has 1 aromatic heterocycles. The number of halogens is 3. The van der Waals surface area contributed by atoms with Crippen molar-refractivity contribution in [1.29, 1.82) is 0 Å². The molecular weight excluding hydrogens is 479 g/mol. The Bertz CT molecular complexity index is 1190. The average Bonchev–Trinajstić information content (AvgIpc) is 3.20. The molecule has 2 aromatic carbocycles. The lowest BCUT2D eigenvalue weighted by atomic mass is 10.0. The molecule has 3 aromatic rings. The molecule has 0 radical (unpaired) electrons. The number of anilines is 3. The Labute approximate surface area is 206 Å². The molecule has 1 aliphatic heterocycles. The van der Waals surface area contributed by atoms with Gasteiger partial charge in [-0.1, -0.05) is 12.1 Å². The predicted octanol–water partition coefficient (Wildman–Crippen LogP) is 6.48. The molecule has 1 fully saturated rings. The summed E-state index contributed by atoms with van der Waals surface area (Å²) in [5.74, 6) is 0. The van der Waals surface area contributed by atoms with E-state index in [1.165, 1.54) is 4.68 Å². The average molecular weight is 508 g/mol. The molecule has 0 saturated carbocycles. The lowest BCUT2D eigenvalue weighted by Gasteiger charge is -2.36. The number of hydrogen-bond donors (Lipinski definition) is 2. The third-order valence-corrected chi connectivity index (χ3v) is 6.00. The number of aromatic nitrogens is 2. The standard InChI is InChI=1S/C24H28F3N5O2S/c1-23(2,3)34-22(33)32-20-11-10-17(13-16(20)14-28-32)29-18-7-6-12-31(15-18)21-9-5-4-8-19(21)30-35-24(25,26)27/h4-5,8-11,13-14,18,29-30H,6-7,12,15H2,1-3H3. The minimum absolute atomic E-state index is 0.102. The SMILES string of the molecule is CC(C)(C)OC(=O)n1ncc2cc(NC3CCCN(c4ccccc4NSC(F)(F)F)C3)ccc21. The first-order valence-corrected chi connectivity index (χ1v) is 12.1. The molecule has 2 N–H and O–H groups in total. The lowest BCUT2D eigenvalue weighted by molar-refractivity contribution is -0.0323. The first-order chi connectivity index (χ1) is 16.5. The van der Waals surface area contributed by atoms with E-state index in [-0.39, 0.29) is 18.0 Å². The van der Waals surface area contributed by atoms with Crippen LogP contribution in [-0.4, -0.2) is 46.1 Å². The molecule has 0 spiro atoms. The van der Waals surface area contributed by atoms with Crippen molar-refractivity contribution in [3.8, 4) is 0 Å². The summed E-state index contributed by atoms with van der Waals surface area (Å²) in [4.78, 5) is 14.5. The summed E-state index contributed by atoms with van der Waals surface area (Å²) in [6.45, 7) is 6.81. The monoisotopic (exact) mass is 507 g/mol. The summed E-state index contributed by atoms with van der Waals surface area (Å²) in [5.41, 5.74) is -2.28. The van der Waals surface area contributed by atoms with Crippen molar-refractivity contribution in [2.45, 2.75) is 50.8 Å². The van der Waals surface area contributed by atoms with Crippen LogP contribution in [0.3, 0.4) is 0 Å². The molecule has 1 unspecified atom stereocenters. The second-order valence-corrected chi connectivity index (χ2v) is 10.3. The van der Waals surface area contributed by atoms with Gasteiger partial charge in [0, 0.05) is 30.2 Å². The van der Waals surface area contributed by atoms with Crippen molar-refractivity contribution in [2.75, 3.05) is 28.0 Å². The zero-order chi connectivity index (χ0) is 25.2. The number of carbonyl (C=O) groups is 1. The van der Waals surface area contributed by atoms with Crippen molar-refractivity contribution in [3.05, 3.63) is 48.7 Å². The van der Waals surface area contributed by atoms with Crippen LogP contribution in [0.5, 0.6) is 0 Å². The molecule has 0 aliphatic carbocycles. The van der Waals surface area contributed by atoms with Crippen molar-refractivity contribution in [2.24, 2.45) is 0 Å².